The molecule has 0 heterocycles. The molecule has 1 fully saturated rings. The van der Waals surface area contributed by atoms with Crippen molar-refractivity contribution in [2.24, 2.45) is 11.3 Å². The topological polar surface area (TPSA) is 26.3 Å². The van der Waals surface area contributed by atoms with Crippen LogP contribution in [0.25, 0.3) is 0 Å². The van der Waals surface area contributed by atoms with E-state index in [-0.39, 0.29) is 5.97 Å². The predicted molar refractivity (Wildman–Crippen MR) is 56.9 cm³/mol. The summed E-state index contributed by atoms with van der Waals surface area (Å²) in [6.07, 6.45) is 3.43. The number of hydrogen-bond acceptors (Lipinski definition) is 2. The Balaban J connectivity index is 2.35. The number of carbonyl (C=O) groups is 1. The van der Waals surface area contributed by atoms with Gasteiger partial charge in [-0.25, -0.2) is 0 Å². The monoisotopic (exact) mass is 196 g/mol. The second kappa shape index (κ2) is 4.16. The summed E-state index contributed by atoms with van der Waals surface area (Å²) in [6.45, 7) is 10.4. The quantitative estimate of drug-likeness (QED) is 0.510. The first-order valence-corrected chi connectivity index (χ1v) is 5.24. The molecular weight excluding hydrogens is 176 g/mol. The summed E-state index contributed by atoms with van der Waals surface area (Å²) >= 11 is 0. The van der Waals surface area contributed by atoms with Crippen LogP contribution in [0.5, 0.6) is 0 Å². The van der Waals surface area contributed by atoms with Gasteiger partial charge in [-0.1, -0.05) is 19.1 Å². The normalized spacial score (nSPS) is 30.6. The van der Waals surface area contributed by atoms with Crippen LogP contribution in [0.3, 0.4) is 0 Å². The number of carbonyl (C=O) groups excluding carboxylic acids is 1. The summed E-state index contributed by atoms with van der Waals surface area (Å²) in [5, 5.41) is 0. The van der Waals surface area contributed by atoms with Gasteiger partial charge < -0.3 is 4.74 Å². The molecule has 0 saturated heterocycles. The van der Waals surface area contributed by atoms with Crippen molar-refractivity contribution < 1.29 is 9.53 Å². The van der Waals surface area contributed by atoms with E-state index >= 15 is 0 Å². The van der Waals surface area contributed by atoms with Crippen LogP contribution in [0.4, 0.5) is 0 Å². The van der Waals surface area contributed by atoms with Crippen molar-refractivity contribution in [3.05, 3.63) is 12.2 Å². The Hall–Kier alpha value is -0.790. The highest BCUT2D eigenvalue weighted by Gasteiger charge is 2.42. The van der Waals surface area contributed by atoms with Gasteiger partial charge in [0.2, 0.25) is 0 Å². The zero-order valence-corrected chi connectivity index (χ0v) is 9.43. The molecule has 2 nitrogen and oxygen atoms in total. The average molecular weight is 196 g/mol. The summed E-state index contributed by atoms with van der Waals surface area (Å²) in [5.41, 5.74) is 1.59. The van der Waals surface area contributed by atoms with E-state index in [2.05, 4.69) is 20.4 Å². The van der Waals surface area contributed by atoms with Crippen LogP contribution < -0.4 is 0 Å². The van der Waals surface area contributed by atoms with Crippen LogP contribution in [0.1, 0.15) is 40.0 Å². The van der Waals surface area contributed by atoms with Gasteiger partial charge in [0.05, 0.1) is 6.61 Å². The molecule has 0 amide bonds. The Bertz CT molecular complexity index is 245. The number of ether oxygens (including phenoxy) is 1. The van der Waals surface area contributed by atoms with E-state index in [1.54, 1.807) is 0 Å². The third-order valence-electron chi connectivity index (χ3n) is 3.42. The summed E-state index contributed by atoms with van der Waals surface area (Å²) in [6, 6.07) is 0. The molecule has 1 rings (SSSR count). The second-order valence-corrected chi connectivity index (χ2v) is 4.68. The van der Waals surface area contributed by atoms with E-state index in [4.69, 9.17) is 4.74 Å². The summed E-state index contributed by atoms with van der Waals surface area (Å²) in [7, 11) is 0. The second-order valence-electron chi connectivity index (χ2n) is 4.68. The average Bonchev–Trinajstić information content (AvgIpc) is 2.00. The molecule has 0 aliphatic heterocycles. The molecule has 1 aliphatic rings. The molecule has 0 N–H and O–H groups in total. The van der Waals surface area contributed by atoms with Crippen LogP contribution in [0, 0.1) is 11.3 Å². The number of allylic oxidation sites excluding steroid dienone is 1. The molecule has 2 atom stereocenters. The summed E-state index contributed by atoms with van der Waals surface area (Å²) < 4.78 is 4.97. The highest BCUT2D eigenvalue weighted by molar-refractivity contribution is 5.65. The summed E-state index contributed by atoms with van der Waals surface area (Å²) in [4.78, 5) is 10.6. The predicted octanol–water partition coefficient (Wildman–Crippen LogP) is 2.93. The Morgan fingerprint density at radius 1 is 1.57 bits per heavy atom. The zero-order valence-electron chi connectivity index (χ0n) is 9.43. The molecule has 0 unspecified atom stereocenters. The van der Waals surface area contributed by atoms with Crippen LogP contribution in [-0.2, 0) is 9.53 Å². The fourth-order valence-corrected chi connectivity index (χ4v) is 2.35. The maximum absolute atomic E-state index is 10.6. The fraction of sp³-hybridized carbons (Fsp3) is 0.750. The first-order valence-electron chi connectivity index (χ1n) is 5.24. The van der Waals surface area contributed by atoms with Gasteiger partial charge in [-0.15, -0.1) is 0 Å². The van der Waals surface area contributed by atoms with Crippen molar-refractivity contribution >= 4 is 5.97 Å². The Morgan fingerprint density at radius 3 is 2.57 bits per heavy atom. The molecule has 0 aromatic carbocycles. The maximum atomic E-state index is 10.6. The van der Waals surface area contributed by atoms with Crippen molar-refractivity contribution in [1.82, 2.24) is 0 Å². The van der Waals surface area contributed by atoms with Crippen molar-refractivity contribution in [2.45, 2.75) is 40.0 Å². The van der Waals surface area contributed by atoms with Crippen LogP contribution in [-0.4, -0.2) is 12.6 Å². The zero-order chi connectivity index (χ0) is 10.8. The van der Waals surface area contributed by atoms with Crippen molar-refractivity contribution in [3.63, 3.8) is 0 Å². The van der Waals surface area contributed by atoms with E-state index in [1.807, 2.05) is 0 Å². The fourth-order valence-electron chi connectivity index (χ4n) is 2.35. The number of rotatable bonds is 4. The Kier molecular flexibility index (Phi) is 3.35. The molecular formula is C12H20O2. The van der Waals surface area contributed by atoms with Crippen LogP contribution in [0.15, 0.2) is 12.2 Å². The lowest BCUT2D eigenvalue weighted by Gasteiger charge is -2.48. The molecule has 0 spiro atoms. The lowest BCUT2D eigenvalue weighted by Crippen LogP contribution is -2.39. The van der Waals surface area contributed by atoms with Crippen LogP contribution in [0.2, 0.25) is 0 Å². The van der Waals surface area contributed by atoms with E-state index in [0.29, 0.717) is 17.9 Å². The molecule has 80 valence electrons. The lowest BCUT2D eigenvalue weighted by molar-refractivity contribution is -0.142. The molecule has 0 aromatic rings. The molecule has 1 aliphatic carbocycles. The number of hydrogen-bond donors (Lipinski definition) is 0. The molecule has 0 radical (unpaired) electrons. The minimum Gasteiger partial charge on any atom is -0.466 e. The van der Waals surface area contributed by atoms with Gasteiger partial charge in [-0.05, 0) is 37.5 Å². The van der Waals surface area contributed by atoms with Gasteiger partial charge in [0.25, 0.3) is 0 Å². The van der Waals surface area contributed by atoms with Gasteiger partial charge in [-0.2, -0.15) is 0 Å². The minimum absolute atomic E-state index is 0.181. The third-order valence-corrected chi connectivity index (χ3v) is 3.42. The highest BCUT2D eigenvalue weighted by atomic mass is 16.5. The highest BCUT2D eigenvalue weighted by Crippen LogP contribution is 2.51. The molecule has 0 aromatic heterocycles. The van der Waals surface area contributed by atoms with E-state index in [1.165, 1.54) is 25.3 Å². The minimum atomic E-state index is -0.181. The SMILES string of the molecule is C=C(C)[C@H]1CC[C@@]1(C)CCOC(C)=O. The standard InChI is InChI=1S/C12H20O2/c1-9(2)11-5-6-12(11,4)7-8-14-10(3)13/h11H,1,5-8H2,2-4H3/t11-,12+/m1/s1. The first-order chi connectivity index (χ1) is 6.46. The van der Waals surface area contributed by atoms with Gasteiger partial charge in [0.15, 0.2) is 0 Å². The van der Waals surface area contributed by atoms with Crippen LogP contribution >= 0.6 is 0 Å². The van der Waals surface area contributed by atoms with E-state index in [0.717, 1.165) is 6.42 Å². The molecule has 14 heavy (non-hydrogen) atoms. The number of esters is 1. The van der Waals surface area contributed by atoms with Crippen molar-refractivity contribution in [1.29, 1.82) is 0 Å². The molecule has 2 heteroatoms. The first kappa shape index (κ1) is 11.3. The van der Waals surface area contributed by atoms with E-state index < -0.39 is 0 Å². The smallest absolute Gasteiger partial charge is 0.302 e. The van der Waals surface area contributed by atoms with Gasteiger partial charge in [0.1, 0.15) is 0 Å². The molecule has 1 saturated carbocycles. The van der Waals surface area contributed by atoms with Crippen molar-refractivity contribution in [3.8, 4) is 0 Å². The Morgan fingerprint density at radius 2 is 2.21 bits per heavy atom. The van der Waals surface area contributed by atoms with Gasteiger partial charge in [-0.3, -0.25) is 4.79 Å². The van der Waals surface area contributed by atoms with E-state index in [9.17, 15) is 4.79 Å². The van der Waals surface area contributed by atoms with Gasteiger partial charge >= 0.3 is 5.97 Å². The lowest BCUT2D eigenvalue weighted by atomic mass is 9.57. The third kappa shape index (κ3) is 2.37. The van der Waals surface area contributed by atoms with Gasteiger partial charge in [0, 0.05) is 6.92 Å². The Labute approximate surface area is 86.3 Å². The largest absolute Gasteiger partial charge is 0.466 e. The maximum Gasteiger partial charge on any atom is 0.302 e. The molecule has 0 bridgehead atoms. The van der Waals surface area contributed by atoms with Crippen molar-refractivity contribution in [2.75, 3.05) is 6.61 Å². The summed E-state index contributed by atoms with van der Waals surface area (Å²) in [5.74, 6) is 0.442.